The zero-order chi connectivity index (χ0) is 16.6. The van der Waals surface area contributed by atoms with Crippen molar-refractivity contribution in [3.05, 3.63) is 30.2 Å². The fourth-order valence-corrected chi connectivity index (χ4v) is 3.64. The maximum Gasteiger partial charge on any atom is 0.234 e. The maximum absolute atomic E-state index is 11.8. The maximum atomic E-state index is 11.8. The number of nitrogens with two attached hydrogens (primary N) is 1. The van der Waals surface area contributed by atoms with Crippen LogP contribution in [0.4, 0.5) is 0 Å². The number of benzene rings is 1. The van der Waals surface area contributed by atoms with Crippen LogP contribution in [0.3, 0.4) is 0 Å². The summed E-state index contributed by atoms with van der Waals surface area (Å²) in [5, 5.41) is 10.3. The molecule has 0 aliphatic carbocycles. The number of primary amides is 1. The summed E-state index contributed by atoms with van der Waals surface area (Å²) in [5.74, 6) is 0.0851. The van der Waals surface area contributed by atoms with Crippen LogP contribution in [-0.4, -0.2) is 40.1 Å². The molecule has 1 aliphatic rings. The van der Waals surface area contributed by atoms with Crippen molar-refractivity contribution in [3.8, 4) is 0 Å². The Morgan fingerprint density at radius 2 is 2.26 bits per heavy atom. The highest BCUT2D eigenvalue weighted by molar-refractivity contribution is 5.80. The number of aliphatic hydroxyl groups is 1. The Morgan fingerprint density at radius 3 is 2.87 bits per heavy atom. The summed E-state index contributed by atoms with van der Waals surface area (Å²) < 4.78 is 5.96. The van der Waals surface area contributed by atoms with Gasteiger partial charge in [-0.15, -0.1) is 0 Å². The van der Waals surface area contributed by atoms with E-state index in [1.54, 1.807) is 0 Å². The van der Waals surface area contributed by atoms with Gasteiger partial charge in [0, 0.05) is 6.54 Å². The number of carbonyl (C=O) groups excluding carboxylic acids is 1. The molecule has 6 nitrogen and oxygen atoms in total. The smallest absolute Gasteiger partial charge is 0.234 e. The van der Waals surface area contributed by atoms with Crippen LogP contribution >= 0.6 is 0 Å². The number of hydrogen-bond donors (Lipinski definition) is 2. The fourth-order valence-electron chi connectivity index (χ4n) is 3.64. The first-order chi connectivity index (χ1) is 11.0. The highest BCUT2D eigenvalue weighted by Gasteiger charge is 2.51. The van der Waals surface area contributed by atoms with Gasteiger partial charge in [0.05, 0.1) is 12.6 Å². The molecule has 0 radical (unpaired) electrons. The number of fused-ring (bicyclic) bond motifs is 1. The van der Waals surface area contributed by atoms with Crippen LogP contribution in [0.15, 0.2) is 28.7 Å². The second kappa shape index (κ2) is 5.94. The highest BCUT2D eigenvalue weighted by atomic mass is 16.4. The number of para-hydroxylation sites is 2. The molecule has 1 fully saturated rings. The quantitative estimate of drug-likeness (QED) is 0.874. The molecule has 1 saturated heterocycles. The molecule has 2 heterocycles. The number of aliphatic hydroxyl groups excluding tert-OH is 1. The van der Waals surface area contributed by atoms with Gasteiger partial charge in [0.2, 0.25) is 11.8 Å². The van der Waals surface area contributed by atoms with Crippen LogP contribution in [-0.2, 0) is 10.3 Å². The topological polar surface area (TPSA) is 92.6 Å². The Balaban J connectivity index is 2.14. The largest absolute Gasteiger partial charge is 0.439 e. The number of rotatable bonds is 5. The molecule has 0 spiro atoms. The third kappa shape index (κ3) is 2.42. The van der Waals surface area contributed by atoms with Crippen LogP contribution < -0.4 is 5.73 Å². The molecular weight excluding hydrogens is 294 g/mol. The average molecular weight is 317 g/mol. The lowest BCUT2D eigenvalue weighted by molar-refractivity contribution is -0.127. The summed E-state index contributed by atoms with van der Waals surface area (Å²) in [7, 11) is 0. The van der Waals surface area contributed by atoms with E-state index in [9.17, 15) is 9.90 Å². The van der Waals surface area contributed by atoms with E-state index in [4.69, 9.17) is 10.2 Å². The van der Waals surface area contributed by atoms with Gasteiger partial charge in [-0.2, -0.15) is 0 Å². The molecule has 124 valence electrons. The Bertz CT molecular complexity index is 679. The molecule has 0 bridgehead atoms. The lowest BCUT2D eigenvalue weighted by Crippen LogP contribution is -2.57. The lowest BCUT2D eigenvalue weighted by atomic mass is 9.84. The van der Waals surface area contributed by atoms with E-state index in [-0.39, 0.29) is 18.4 Å². The molecular formula is C17H23N3O3. The molecule has 3 N–H and O–H groups in total. The van der Waals surface area contributed by atoms with Gasteiger partial charge < -0.3 is 15.3 Å². The average Bonchev–Trinajstić information content (AvgIpc) is 3.15. The first-order valence-electron chi connectivity index (χ1n) is 8.03. The second-order valence-corrected chi connectivity index (χ2v) is 6.48. The van der Waals surface area contributed by atoms with Crippen molar-refractivity contribution in [1.29, 1.82) is 0 Å². The van der Waals surface area contributed by atoms with Gasteiger partial charge in [0.1, 0.15) is 11.1 Å². The number of hydrogen-bond acceptors (Lipinski definition) is 5. The van der Waals surface area contributed by atoms with Crippen molar-refractivity contribution < 1.29 is 14.3 Å². The van der Waals surface area contributed by atoms with E-state index in [0.29, 0.717) is 24.4 Å². The Hall–Kier alpha value is -1.92. The summed E-state index contributed by atoms with van der Waals surface area (Å²) in [4.78, 5) is 18.4. The van der Waals surface area contributed by atoms with E-state index in [2.05, 4.69) is 4.98 Å². The summed E-state index contributed by atoms with van der Waals surface area (Å²) in [6, 6.07) is 7.10. The van der Waals surface area contributed by atoms with Crippen molar-refractivity contribution in [3.63, 3.8) is 0 Å². The Morgan fingerprint density at radius 1 is 1.52 bits per heavy atom. The van der Waals surface area contributed by atoms with Gasteiger partial charge in [-0.25, -0.2) is 4.98 Å². The number of aromatic nitrogens is 1. The van der Waals surface area contributed by atoms with Crippen molar-refractivity contribution >= 4 is 17.0 Å². The molecule has 1 aromatic heterocycles. The molecule has 1 amide bonds. The number of carbonyl (C=O) groups is 1. The van der Waals surface area contributed by atoms with Crippen LogP contribution in [0, 0.1) is 5.92 Å². The molecule has 6 heteroatoms. The highest BCUT2D eigenvalue weighted by Crippen LogP contribution is 2.41. The lowest BCUT2D eigenvalue weighted by Gasteiger charge is -2.43. The molecule has 2 aromatic rings. The Kier molecular flexibility index (Phi) is 4.12. The van der Waals surface area contributed by atoms with Crippen molar-refractivity contribution in [1.82, 2.24) is 9.88 Å². The minimum absolute atomic E-state index is 0.000474. The van der Waals surface area contributed by atoms with E-state index in [1.165, 1.54) is 0 Å². The van der Waals surface area contributed by atoms with E-state index >= 15 is 0 Å². The molecule has 1 aliphatic heterocycles. The number of amides is 1. The van der Waals surface area contributed by atoms with Gasteiger partial charge in [0.15, 0.2) is 5.58 Å². The number of nitrogens with zero attached hydrogens (tertiary/aromatic N) is 2. The van der Waals surface area contributed by atoms with Gasteiger partial charge >= 0.3 is 0 Å². The minimum Gasteiger partial charge on any atom is -0.439 e. The Labute approximate surface area is 135 Å². The molecule has 1 unspecified atom stereocenters. The SMILES string of the molecule is CC(C)C(CO)(c1nc2ccccc2o1)N1CCC[C@H]1C(N)=O. The van der Waals surface area contributed by atoms with Crippen molar-refractivity contribution in [2.24, 2.45) is 11.7 Å². The predicted octanol–water partition coefficient (Wildman–Crippen LogP) is 1.62. The van der Waals surface area contributed by atoms with Gasteiger partial charge in [-0.1, -0.05) is 26.0 Å². The van der Waals surface area contributed by atoms with Crippen LogP contribution in [0.5, 0.6) is 0 Å². The molecule has 3 rings (SSSR count). The van der Waals surface area contributed by atoms with E-state index in [0.717, 1.165) is 11.9 Å². The van der Waals surface area contributed by atoms with Crippen molar-refractivity contribution in [2.75, 3.05) is 13.2 Å². The van der Waals surface area contributed by atoms with Gasteiger partial charge in [0.25, 0.3) is 0 Å². The summed E-state index contributed by atoms with van der Waals surface area (Å²) in [5.41, 5.74) is 6.15. The summed E-state index contributed by atoms with van der Waals surface area (Å²) in [6.45, 7) is 4.51. The normalized spacial score (nSPS) is 21.8. The van der Waals surface area contributed by atoms with Gasteiger partial charge in [-0.3, -0.25) is 9.69 Å². The zero-order valence-corrected chi connectivity index (χ0v) is 13.5. The standard InChI is InChI=1S/C17H23N3O3/c1-11(2)17(10-21,20-9-5-7-13(20)15(18)22)16-19-12-6-3-4-8-14(12)23-16/h3-4,6,8,11,13,21H,5,7,9-10H2,1-2H3,(H2,18,22)/t13-,17?/m0/s1. The van der Waals surface area contributed by atoms with Crippen LogP contribution in [0.1, 0.15) is 32.6 Å². The number of oxazole rings is 1. The minimum atomic E-state index is -0.852. The molecule has 0 saturated carbocycles. The number of likely N-dealkylation sites (tertiary alicyclic amines) is 1. The summed E-state index contributed by atoms with van der Waals surface area (Å²) in [6.07, 6.45) is 1.56. The first kappa shape index (κ1) is 16.0. The van der Waals surface area contributed by atoms with Crippen LogP contribution in [0.2, 0.25) is 0 Å². The van der Waals surface area contributed by atoms with E-state index < -0.39 is 11.6 Å². The van der Waals surface area contributed by atoms with Gasteiger partial charge in [-0.05, 0) is 30.9 Å². The molecule has 2 atom stereocenters. The summed E-state index contributed by atoms with van der Waals surface area (Å²) >= 11 is 0. The van der Waals surface area contributed by atoms with E-state index in [1.807, 2.05) is 43.0 Å². The molecule has 23 heavy (non-hydrogen) atoms. The fraction of sp³-hybridized carbons (Fsp3) is 0.529. The first-order valence-corrected chi connectivity index (χ1v) is 8.03. The van der Waals surface area contributed by atoms with Crippen molar-refractivity contribution in [2.45, 2.75) is 38.3 Å². The molecule has 1 aromatic carbocycles. The zero-order valence-electron chi connectivity index (χ0n) is 13.5. The predicted molar refractivity (Wildman–Crippen MR) is 86.5 cm³/mol. The van der Waals surface area contributed by atoms with Crippen LogP contribution in [0.25, 0.3) is 11.1 Å². The second-order valence-electron chi connectivity index (χ2n) is 6.48. The monoisotopic (exact) mass is 317 g/mol. The third-order valence-electron chi connectivity index (χ3n) is 4.95. The third-order valence-corrected chi connectivity index (χ3v) is 4.95.